The highest BCUT2D eigenvalue weighted by Crippen LogP contribution is 2.28. The number of methoxy groups -OCH3 is 1. The van der Waals surface area contributed by atoms with E-state index in [0.717, 1.165) is 6.07 Å². The molecule has 1 saturated heterocycles. The Balaban J connectivity index is 2.11. The number of rotatable bonds is 7. The number of amides is 1. The number of ether oxygens (including phenoxy) is 2. The van der Waals surface area contributed by atoms with Crippen molar-refractivity contribution >= 4 is 27.4 Å². The summed E-state index contributed by atoms with van der Waals surface area (Å²) in [4.78, 5) is 36.7. The first-order chi connectivity index (χ1) is 13.1. The number of benzene rings is 1. The number of nitro benzene ring substituents is 1. The van der Waals surface area contributed by atoms with E-state index in [-0.39, 0.29) is 29.4 Å². The third kappa shape index (κ3) is 4.77. The topological polar surface area (TPSA) is 133 Å². The molecule has 2 rings (SSSR count). The molecule has 1 fully saturated rings. The number of sulfone groups is 1. The molecule has 10 nitrogen and oxygen atoms in total. The molecule has 1 aromatic rings. The van der Waals surface area contributed by atoms with Crippen molar-refractivity contribution in [3.63, 3.8) is 0 Å². The molecule has 0 unspecified atom stereocenters. The Morgan fingerprint density at radius 2 is 2.07 bits per heavy atom. The molecule has 28 heavy (non-hydrogen) atoms. The van der Waals surface area contributed by atoms with Gasteiger partial charge in [0.15, 0.2) is 21.7 Å². The second-order valence-electron chi connectivity index (χ2n) is 6.37. The summed E-state index contributed by atoms with van der Waals surface area (Å²) in [6, 6.07) is 3.13. The molecule has 1 aromatic carbocycles. The first-order valence-corrected chi connectivity index (χ1v) is 10.5. The number of nitrogens with zero attached hydrogens (tertiary/aromatic N) is 2. The minimum Gasteiger partial charge on any atom is -0.490 e. The smallest absolute Gasteiger partial charge is 0.339 e. The maximum absolute atomic E-state index is 12.6. The molecule has 2 atom stereocenters. The summed E-state index contributed by atoms with van der Waals surface area (Å²) in [5.41, 5.74) is -0.499. The van der Waals surface area contributed by atoms with Crippen molar-refractivity contribution in [1.82, 2.24) is 4.90 Å². The largest absolute Gasteiger partial charge is 0.490 e. The van der Waals surface area contributed by atoms with Gasteiger partial charge in [0.25, 0.3) is 5.91 Å². The molecule has 0 aliphatic carbocycles. The lowest BCUT2D eigenvalue weighted by atomic mass is 10.1. The molecular formula is C17H22N2O8S. The molecule has 0 radical (unpaired) electrons. The van der Waals surface area contributed by atoms with Crippen LogP contribution in [0.5, 0.6) is 5.75 Å². The molecule has 0 bridgehead atoms. The minimum absolute atomic E-state index is 0.00900. The molecule has 154 valence electrons. The van der Waals surface area contributed by atoms with Crippen molar-refractivity contribution in [1.29, 1.82) is 0 Å². The van der Waals surface area contributed by atoms with Crippen LogP contribution in [0.3, 0.4) is 0 Å². The van der Waals surface area contributed by atoms with Crippen LogP contribution in [0, 0.1) is 10.1 Å². The Hall–Kier alpha value is -2.69. The van der Waals surface area contributed by atoms with Crippen LogP contribution in [0.4, 0.5) is 5.69 Å². The third-order valence-corrected chi connectivity index (χ3v) is 6.27. The van der Waals surface area contributed by atoms with E-state index in [1.54, 1.807) is 6.92 Å². The zero-order valence-corrected chi connectivity index (χ0v) is 16.6. The van der Waals surface area contributed by atoms with Crippen LogP contribution in [0.2, 0.25) is 0 Å². The first kappa shape index (κ1) is 21.6. The molecule has 1 heterocycles. The molecule has 1 amide bonds. The van der Waals surface area contributed by atoms with Crippen molar-refractivity contribution in [2.45, 2.75) is 32.4 Å². The van der Waals surface area contributed by atoms with E-state index in [1.807, 2.05) is 0 Å². The van der Waals surface area contributed by atoms with Gasteiger partial charge in [0.1, 0.15) is 0 Å². The second-order valence-corrected chi connectivity index (χ2v) is 8.60. The van der Waals surface area contributed by atoms with Crippen LogP contribution in [-0.2, 0) is 19.4 Å². The lowest BCUT2D eigenvalue weighted by Crippen LogP contribution is -2.46. The van der Waals surface area contributed by atoms with E-state index in [1.165, 1.54) is 31.1 Å². The number of hydrogen-bond acceptors (Lipinski definition) is 8. The maximum atomic E-state index is 12.6. The van der Waals surface area contributed by atoms with Gasteiger partial charge in [-0.1, -0.05) is 0 Å². The van der Waals surface area contributed by atoms with Crippen molar-refractivity contribution in [2.24, 2.45) is 0 Å². The summed E-state index contributed by atoms with van der Waals surface area (Å²) >= 11 is 0. The summed E-state index contributed by atoms with van der Waals surface area (Å²) in [7, 11) is -1.91. The second kappa shape index (κ2) is 8.55. The van der Waals surface area contributed by atoms with Gasteiger partial charge in [0.2, 0.25) is 0 Å². The van der Waals surface area contributed by atoms with Gasteiger partial charge >= 0.3 is 11.7 Å². The average Bonchev–Trinajstić information content (AvgIpc) is 3.00. The van der Waals surface area contributed by atoms with Crippen molar-refractivity contribution in [3.8, 4) is 5.75 Å². The summed E-state index contributed by atoms with van der Waals surface area (Å²) in [6.45, 7) is 3.36. The van der Waals surface area contributed by atoms with Crippen LogP contribution >= 0.6 is 0 Å². The Morgan fingerprint density at radius 3 is 2.57 bits per heavy atom. The highest BCUT2D eigenvalue weighted by molar-refractivity contribution is 7.91. The Labute approximate surface area is 162 Å². The Bertz CT molecular complexity index is 883. The van der Waals surface area contributed by atoms with E-state index < -0.39 is 44.5 Å². The van der Waals surface area contributed by atoms with Crippen molar-refractivity contribution in [2.75, 3.05) is 25.2 Å². The van der Waals surface area contributed by atoms with Crippen LogP contribution < -0.4 is 4.74 Å². The summed E-state index contributed by atoms with van der Waals surface area (Å²) in [6.07, 6.45) is -0.829. The quantitative estimate of drug-likeness (QED) is 0.369. The predicted octanol–water partition coefficient (Wildman–Crippen LogP) is 1.18. The number of carbonyl (C=O) groups excluding carboxylic acids is 2. The summed E-state index contributed by atoms with van der Waals surface area (Å²) in [5, 5.41) is 11.1. The SMILES string of the molecule is CCN(C(=O)[C@H](C)OC(=O)c1ccc(OC)c([N+](=O)[O-])c1)[C@H]1CCS(=O)(=O)C1. The van der Waals surface area contributed by atoms with E-state index in [0.29, 0.717) is 6.42 Å². The van der Waals surface area contributed by atoms with Gasteiger partial charge in [-0.05, 0) is 32.4 Å². The zero-order chi connectivity index (χ0) is 21.1. The highest BCUT2D eigenvalue weighted by Gasteiger charge is 2.36. The molecule has 0 saturated carbocycles. The van der Waals surface area contributed by atoms with E-state index in [9.17, 15) is 28.1 Å². The number of nitro groups is 1. The number of esters is 1. The first-order valence-electron chi connectivity index (χ1n) is 8.64. The molecule has 1 aliphatic rings. The van der Waals surface area contributed by atoms with E-state index >= 15 is 0 Å². The molecule has 11 heteroatoms. The summed E-state index contributed by atoms with van der Waals surface area (Å²) in [5.74, 6) is -1.52. The van der Waals surface area contributed by atoms with E-state index in [4.69, 9.17) is 9.47 Å². The fourth-order valence-electron chi connectivity index (χ4n) is 3.09. The maximum Gasteiger partial charge on any atom is 0.339 e. The van der Waals surface area contributed by atoms with Gasteiger partial charge in [-0.2, -0.15) is 0 Å². The number of carbonyl (C=O) groups is 2. The molecular weight excluding hydrogens is 392 g/mol. The number of likely N-dealkylation sites (N-methyl/N-ethyl adjacent to an activating group) is 1. The average molecular weight is 414 g/mol. The standard InChI is InChI=1S/C17H22N2O8S/c1-4-18(13-7-8-28(24,25)10-13)16(20)11(2)27-17(21)12-5-6-15(26-3)14(9-12)19(22)23/h5-6,9,11,13H,4,7-8,10H2,1-3H3/t11-,13-/m0/s1. The summed E-state index contributed by atoms with van der Waals surface area (Å²) < 4.78 is 33.4. The molecule has 0 spiro atoms. The number of hydrogen-bond donors (Lipinski definition) is 0. The van der Waals surface area contributed by atoms with Gasteiger partial charge in [0.05, 0.1) is 29.1 Å². The van der Waals surface area contributed by atoms with Crippen LogP contribution in [0.15, 0.2) is 18.2 Å². The van der Waals surface area contributed by atoms with Gasteiger partial charge in [-0.25, -0.2) is 13.2 Å². The van der Waals surface area contributed by atoms with Gasteiger partial charge in [-0.3, -0.25) is 14.9 Å². The Kier molecular flexibility index (Phi) is 6.60. The lowest BCUT2D eigenvalue weighted by molar-refractivity contribution is -0.385. The van der Waals surface area contributed by atoms with Gasteiger partial charge in [-0.15, -0.1) is 0 Å². The lowest BCUT2D eigenvalue weighted by Gasteiger charge is -2.29. The predicted molar refractivity (Wildman–Crippen MR) is 99.0 cm³/mol. The minimum atomic E-state index is -3.17. The zero-order valence-electron chi connectivity index (χ0n) is 15.8. The highest BCUT2D eigenvalue weighted by atomic mass is 32.2. The fraction of sp³-hybridized carbons (Fsp3) is 0.529. The normalized spacial score (nSPS) is 18.9. The molecule has 0 N–H and O–H groups in total. The van der Waals surface area contributed by atoms with Crippen molar-refractivity contribution < 1.29 is 32.4 Å². The molecule has 1 aliphatic heterocycles. The van der Waals surface area contributed by atoms with Crippen molar-refractivity contribution in [3.05, 3.63) is 33.9 Å². The molecule has 0 aromatic heterocycles. The van der Waals surface area contributed by atoms with E-state index in [2.05, 4.69) is 0 Å². The monoisotopic (exact) mass is 414 g/mol. The third-order valence-electron chi connectivity index (χ3n) is 4.52. The van der Waals surface area contributed by atoms with Crippen LogP contribution in [0.25, 0.3) is 0 Å². The van der Waals surface area contributed by atoms with Crippen LogP contribution in [0.1, 0.15) is 30.6 Å². The van der Waals surface area contributed by atoms with Gasteiger partial charge < -0.3 is 14.4 Å². The van der Waals surface area contributed by atoms with Gasteiger partial charge in [0, 0.05) is 18.7 Å². The van der Waals surface area contributed by atoms with Crippen LogP contribution in [-0.4, -0.2) is 67.4 Å². The fourth-order valence-corrected chi connectivity index (χ4v) is 4.82. The Morgan fingerprint density at radius 1 is 1.39 bits per heavy atom.